The largest absolute Gasteiger partial charge is 0.347 e. The number of pyridine rings is 2. The molecule has 3 rings (SSSR count). The molecule has 0 saturated heterocycles. The third-order valence-corrected chi connectivity index (χ3v) is 5.38. The van der Waals surface area contributed by atoms with Crippen molar-refractivity contribution in [3.8, 4) is 0 Å². The molecule has 13 heteroatoms. The molecule has 0 aliphatic carbocycles. The molecule has 0 aromatic carbocycles. The summed E-state index contributed by atoms with van der Waals surface area (Å²) in [5.74, 6) is -2.82. The van der Waals surface area contributed by atoms with Gasteiger partial charge in [-0.3, -0.25) is 19.2 Å². The number of rotatable bonds is 6. The number of anilines is 1. The van der Waals surface area contributed by atoms with Crippen LogP contribution in [0, 0.1) is 0 Å². The van der Waals surface area contributed by atoms with Crippen LogP contribution in [0.4, 0.5) is 5.82 Å². The van der Waals surface area contributed by atoms with Crippen molar-refractivity contribution in [1.29, 1.82) is 0 Å². The Hall–Kier alpha value is -3.28. The summed E-state index contributed by atoms with van der Waals surface area (Å²) in [6, 6.07) is 5.31. The number of fused-ring (bicyclic) bond motifs is 1. The monoisotopic (exact) mass is 523 g/mol. The lowest BCUT2D eigenvalue weighted by Crippen LogP contribution is -2.53. The summed E-state index contributed by atoms with van der Waals surface area (Å²) in [6.45, 7) is 1.30. The number of halogens is 2. The van der Waals surface area contributed by atoms with Crippen LogP contribution in [0.1, 0.15) is 21.7 Å². The van der Waals surface area contributed by atoms with E-state index < -0.39 is 29.7 Å². The van der Waals surface area contributed by atoms with Gasteiger partial charge in [-0.1, -0.05) is 17.7 Å². The van der Waals surface area contributed by atoms with Crippen molar-refractivity contribution < 1.29 is 19.2 Å². The molecule has 0 spiro atoms. The Morgan fingerprint density at radius 2 is 1.89 bits per heavy atom. The molecule has 0 radical (unpaired) electrons. The van der Waals surface area contributed by atoms with Gasteiger partial charge < -0.3 is 25.8 Å². The van der Waals surface area contributed by atoms with Gasteiger partial charge in [0.2, 0.25) is 5.91 Å². The third kappa shape index (κ3) is 7.61. The van der Waals surface area contributed by atoms with E-state index in [0.29, 0.717) is 5.02 Å². The van der Waals surface area contributed by atoms with Gasteiger partial charge in [0.1, 0.15) is 17.6 Å². The SMILES string of the molecule is CN1CCc2nc(C(=O)N[C@@H](CNC(=O)C(=O)Nc3ccc(Cl)cn3)C(=O)N(C)C)ccc2C1.Cl. The summed E-state index contributed by atoms with van der Waals surface area (Å²) in [7, 11) is 5.06. The third-order valence-electron chi connectivity index (χ3n) is 5.16. The van der Waals surface area contributed by atoms with Crippen molar-refractivity contribution in [2.75, 3.05) is 39.5 Å². The molecule has 0 unspecified atom stereocenters. The van der Waals surface area contributed by atoms with Crippen molar-refractivity contribution in [3.05, 3.63) is 52.4 Å². The van der Waals surface area contributed by atoms with E-state index in [9.17, 15) is 19.2 Å². The highest BCUT2D eigenvalue weighted by Crippen LogP contribution is 2.16. The number of hydrogen-bond donors (Lipinski definition) is 3. The molecular weight excluding hydrogens is 497 g/mol. The summed E-state index contributed by atoms with van der Waals surface area (Å²) >= 11 is 5.75. The Kier molecular flexibility index (Phi) is 9.93. The number of likely N-dealkylation sites (N-methyl/N-ethyl adjacent to an activating group) is 2. The van der Waals surface area contributed by atoms with Gasteiger partial charge in [-0.05, 0) is 30.8 Å². The van der Waals surface area contributed by atoms with Gasteiger partial charge >= 0.3 is 11.8 Å². The smallest absolute Gasteiger partial charge is 0.314 e. The molecule has 2 aromatic rings. The van der Waals surface area contributed by atoms with Crippen LogP contribution < -0.4 is 16.0 Å². The second-order valence-electron chi connectivity index (χ2n) is 8.07. The summed E-state index contributed by atoms with van der Waals surface area (Å²) in [6.07, 6.45) is 2.05. The van der Waals surface area contributed by atoms with E-state index in [1.165, 1.54) is 37.3 Å². The zero-order valence-corrected chi connectivity index (χ0v) is 21.1. The minimum absolute atomic E-state index is 0. The number of carbonyl (C=O) groups is 4. The molecule has 3 heterocycles. The average Bonchev–Trinajstić information content (AvgIpc) is 2.81. The maximum atomic E-state index is 12.8. The first-order chi connectivity index (χ1) is 16.1. The van der Waals surface area contributed by atoms with E-state index >= 15 is 0 Å². The molecule has 1 aliphatic heterocycles. The van der Waals surface area contributed by atoms with Gasteiger partial charge in [-0.25, -0.2) is 9.97 Å². The lowest BCUT2D eigenvalue weighted by atomic mass is 10.1. The first-order valence-electron chi connectivity index (χ1n) is 10.5. The molecule has 1 aliphatic rings. The van der Waals surface area contributed by atoms with Crippen LogP contribution in [0.5, 0.6) is 0 Å². The lowest BCUT2D eigenvalue weighted by Gasteiger charge is -2.25. The predicted molar refractivity (Wildman–Crippen MR) is 132 cm³/mol. The second kappa shape index (κ2) is 12.4. The van der Waals surface area contributed by atoms with E-state index in [-0.39, 0.29) is 30.5 Å². The highest BCUT2D eigenvalue weighted by atomic mass is 35.5. The minimum atomic E-state index is -1.10. The summed E-state index contributed by atoms with van der Waals surface area (Å²) in [5.41, 5.74) is 2.08. The number of carbonyl (C=O) groups excluding carboxylic acids is 4. The summed E-state index contributed by atoms with van der Waals surface area (Å²) < 4.78 is 0. The maximum Gasteiger partial charge on any atom is 0.314 e. The van der Waals surface area contributed by atoms with Crippen LogP contribution >= 0.6 is 24.0 Å². The van der Waals surface area contributed by atoms with Gasteiger partial charge in [0.25, 0.3) is 5.91 Å². The molecule has 0 fully saturated rings. The fourth-order valence-corrected chi connectivity index (χ4v) is 3.44. The maximum absolute atomic E-state index is 12.8. The Bertz CT molecular complexity index is 1100. The molecule has 35 heavy (non-hydrogen) atoms. The van der Waals surface area contributed by atoms with Crippen LogP contribution in [-0.2, 0) is 27.3 Å². The van der Waals surface area contributed by atoms with E-state index in [2.05, 4.69) is 30.8 Å². The zero-order valence-electron chi connectivity index (χ0n) is 19.5. The van der Waals surface area contributed by atoms with E-state index in [4.69, 9.17) is 11.6 Å². The first kappa shape index (κ1) is 28.0. The standard InChI is InChI=1S/C22H26ClN7O4.ClH/c1-29(2)22(34)17(11-25-20(32)21(33)28-18-7-5-14(23)10-24-18)27-19(31)16-6-4-13-12-30(3)9-8-15(13)26-16;/h4-7,10,17H,8-9,11-12H2,1-3H3,(H,25,32)(H,27,31)(H,24,28,33);1H/t17-;/m0./s1. The minimum Gasteiger partial charge on any atom is -0.347 e. The van der Waals surface area contributed by atoms with E-state index in [1.807, 2.05) is 13.1 Å². The average molecular weight is 524 g/mol. The van der Waals surface area contributed by atoms with Crippen LogP contribution in [0.25, 0.3) is 0 Å². The number of nitrogens with one attached hydrogen (secondary N) is 3. The molecule has 2 aromatic heterocycles. The van der Waals surface area contributed by atoms with Gasteiger partial charge in [0.15, 0.2) is 0 Å². The van der Waals surface area contributed by atoms with Crippen molar-refractivity contribution >= 4 is 53.5 Å². The molecule has 188 valence electrons. The Labute approximate surface area is 214 Å². The second-order valence-corrected chi connectivity index (χ2v) is 8.51. The first-order valence-corrected chi connectivity index (χ1v) is 10.9. The highest BCUT2D eigenvalue weighted by molar-refractivity contribution is 6.39. The molecule has 0 saturated carbocycles. The topological polar surface area (TPSA) is 137 Å². The molecule has 0 bridgehead atoms. The quantitative estimate of drug-likeness (QED) is 0.468. The van der Waals surface area contributed by atoms with Crippen molar-refractivity contribution in [1.82, 2.24) is 30.4 Å². The van der Waals surface area contributed by atoms with Crippen LogP contribution in [0.3, 0.4) is 0 Å². The molecule has 11 nitrogen and oxygen atoms in total. The van der Waals surface area contributed by atoms with Gasteiger partial charge in [-0.15, -0.1) is 12.4 Å². The number of aromatic nitrogens is 2. The number of hydrogen-bond acceptors (Lipinski definition) is 7. The van der Waals surface area contributed by atoms with Gasteiger partial charge in [0, 0.05) is 52.0 Å². The number of amides is 4. The Morgan fingerprint density at radius 3 is 2.54 bits per heavy atom. The van der Waals surface area contributed by atoms with Crippen molar-refractivity contribution in [3.63, 3.8) is 0 Å². The fourth-order valence-electron chi connectivity index (χ4n) is 3.33. The Morgan fingerprint density at radius 1 is 1.14 bits per heavy atom. The van der Waals surface area contributed by atoms with Crippen molar-refractivity contribution in [2.45, 2.75) is 19.0 Å². The fraction of sp³-hybridized carbons (Fsp3) is 0.364. The summed E-state index contributed by atoms with van der Waals surface area (Å²) in [4.78, 5) is 61.5. The van der Waals surface area contributed by atoms with Gasteiger partial charge in [0.05, 0.1) is 5.02 Å². The number of nitrogens with zero attached hydrogens (tertiary/aromatic N) is 4. The highest BCUT2D eigenvalue weighted by Gasteiger charge is 2.26. The van der Waals surface area contributed by atoms with Gasteiger partial charge in [-0.2, -0.15) is 0 Å². The molecule has 4 amide bonds. The lowest BCUT2D eigenvalue weighted by molar-refractivity contribution is -0.136. The predicted octanol–water partition coefficient (Wildman–Crippen LogP) is 0.481. The normalized spacial score (nSPS) is 13.5. The molecule has 1 atom stereocenters. The van der Waals surface area contributed by atoms with Crippen LogP contribution in [-0.4, -0.2) is 83.7 Å². The molecular formula is C22H27Cl2N7O4. The van der Waals surface area contributed by atoms with E-state index in [1.54, 1.807) is 6.07 Å². The van der Waals surface area contributed by atoms with Crippen LogP contribution in [0.2, 0.25) is 5.02 Å². The molecule has 3 N–H and O–H groups in total. The van der Waals surface area contributed by atoms with Crippen molar-refractivity contribution in [2.24, 2.45) is 0 Å². The van der Waals surface area contributed by atoms with Crippen LogP contribution in [0.15, 0.2) is 30.5 Å². The Balaban J connectivity index is 0.00000432. The summed E-state index contributed by atoms with van der Waals surface area (Å²) in [5, 5.41) is 7.68. The zero-order chi connectivity index (χ0) is 24.8. The van der Waals surface area contributed by atoms with E-state index in [0.717, 1.165) is 30.8 Å².